The summed E-state index contributed by atoms with van der Waals surface area (Å²) in [6, 6.07) is 9.89. The quantitative estimate of drug-likeness (QED) is 0.822. The van der Waals surface area contributed by atoms with Crippen molar-refractivity contribution in [1.82, 2.24) is 5.32 Å². The fourth-order valence-corrected chi connectivity index (χ4v) is 4.45. The van der Waals surface area contributed by atoms with Crippen LogP contribution in [0.4, 0.5) is 0 Å². The van der Waals surface area contributed by atoms with E-state index < -0.39 is 0 Å². The zero-order valence-electron chi connectivity index (χ0n) is 14.2. The minimum absolute atomic E-state index is 0.450. The molecule has 3 rings (SSSR count). The molecule has 4 atom stereocenters. The summed E-state index contributed by atoms with van der Waals surface area (Å²) in [6.45, 7) is 10.5. The smallest absolute Gasteiger partial charge is 0.0104 e. The fourth-order valence-electron chi connectivity index (χ4n) is 4.45. The molecule has 0 spiro atoms. The highest BCUT2D eigenvalue weighted by molar-refractivity contribution is 5.40. The zero-order chi connectivity index (χ0) is 15.0. The van der Waals surface area contributed by atoms with Crippen molar-refractivity contribution in [2.24, 2.45) is 17.3 Å². The van der Waals surface area contributed by atoms with Crippen molar-refractivity contribution in [3.63, 3.8) is 0 Å². The Bertz CT molecular complexity index is 485. The Labute approximate surface area is 130 Å². The van der Waals surface area contributed by atoms with Crippen LogP contribution in [0.3, 0.4) is 0 Å². The molecule has 0 aromatic heterocycles. The van der Waals surface area contributed by atoms with Gasteiger partial charge in [0.15, 0.2) is 0 Å². The second-order valence-corrected chi connectivity index (χ2v) is 8.27. The van der Waals surface area contributed by atoms with Crippen LogP contribution in [0.25, 0.3) is 0 Å². The van der Waals surface area contributed by atoms with Gasteiger partial charge in [-0.25, -0.2) is 0 Å². The Morgan fingerprint density at radius 2 is 2.00 bits per heavy atom. The third-order valence-corrected chi connectivity index (χ3v) is 5.53. The molecule has 2 aliphatic rings. The minimum atomic E-state index is 0.450. The molecule has 1 N–H and O–H groups in total. The number of hydrogen-bond donors (Lipinski definition) is 1. The third-order valence-electron chi connectivity index (χ3n) is 5.53. The summed E-state index contributed by atoms with van der Waals surface area (Å²) in [7, 11) is 0. The minimum Gasteiger partial charge on any atom is -0.314 e. The Kier molecular flexibility index (Phi) is 4.14. The molecule has 1 fully saturated rings. The van der Waals surface area contributed by atoms with E-state index in [-0.39, 0.29) is 0 Å². The lowest BCUT2D eigenvalue weighted by atomic mass is 9.87. The van der Waals surface area contributed by atoms with Crippen molar-refractivity contribution in [3.05, 3.63) is 35.4 Å². The van der Waals surface area contributed by atoms with Crippen LogP contribution in [0.15, 0.2) is 24.3 Å². The monoisotopic (exact) mass is 285 g/mol. The molecule has 1 saturated carbocycles. The summed E-state index contributed by atoms with van der Waals surface area (Å²) in [4.78, 5) is 0. The van der Waals surface area contributed by atoms with Crippen LogP contribution in [-0.2, 0) is 6.42 Å². The first-order valence-corrected chi connectivity index (χ1v) is 8.82. The second kappa shape index (κ2) is 5.76. The van der Waals surface area contributed by atoms with Gasteiger partial charge in [-0.15, -0.1) is 0 Å². The predicted molar refractivity (Wildman–Crippen MR) is 90.6 cm³/mol. The van der Waals surface area contributed by atoms with E-state index in [2.05, 4.69) is 57.3 Å². The molecular formula is C20H31N. The van der Waals surface area contributed by atoms with E-state index in [0.717, 1.165) is 30.3 Å². The lowest BCUT2D eigenvalue weighted by Crippen LogP contribution is -2.33. The van der Waals surface area contributed by atoms with E-state index in [4.69, 9.17) is 0 Å². The Balaban J connectivity index is 1.71. The van der Waals surface area contributed by atoms with E-state index in [1.165, 1.54) is 25.7 Å². The van der Waals surface area contributed by atoms with Crippen molar-refractivity contribution >= 4 is 0 Å². The molecule has 0 heterocycles. The SMILES string of the molecule is CCNC(CCC(C)(C)C)C1C2CCc3ccccc3C21. The molecule has 0 saturated heterocycles. The summed E-state index contributed by atoms with van der Waals surface area (Å²) in [6.07, 6.45) is 5.36. The van der Waals surface area contributed by atoms with Crippen LogP contribution in [0.5, 0.6) is 0 Å². The molecule has 1 nitrogen and oxygen atoms in total. The maximum atomic E-state index is 3.80. The molecule has 0 amide bonds. The number of benzene rings is 1. The van der Waals surface area contributed by atoms with Gasteiger partial charge in [0.2, 0.25) is 0 Å². The molecule has 21 heavy (non-hydrogen) atoms. The lowest BCUT2D eigenvalue weighted by molar-refractivity contribution is 0.311. The van der Waals surface area contributed by atoms with Gasteiger partial charge in [-0.2, -0.15) is 0 Å². The normalized spacial score (nSPS) is 28.7. The van der Waals surface area contributed by atoms with Gasteiger partial charge >= 0.3 is 0 Å². The molecular weight excluding hydrogens is 254 g/mol. The fraction of sp³-hybridized carbons (Fsp3) is 0.700. The molecule has 2 aliphatic carbocycles. The maximum Gasteiger partial charge on any atom is 0.0104 e. The summed E-state index contributed by atoms with van der Waals surface area (Å²) in [5, 5.41) is 3.80. The Morgan fingerprint density at radius 1 is 1.24 bits per heavy atom. The lowest BCUT2D eigenvalue weighted by Gasteiger charge is -2.24. The predicted octanol–water partition coefficient (Wildman–Crippen LogP) is 4.77. The van der Waals surface area contributed by atoms with E-state index in [1.807, 2.05) is 0 Å². The summed E-state index contributed by atoms with van der Waals surface area (Å²) in [5.74, 6) is 2.68. The summed E-state index contributed by atoms with van der Waals surface area (Å²) in [5.41, 5.74) is 3.73. The van der Waals surface area contributed by atoms with Gasteiger partial charge in [0.05, 0.1) is 0 Å². The van der Waals surface area contributed by atoms with Gasteiger partial charge in [0, 0.05) is 6.04 Å². The highest BCUT2D eigenvalue weighted by atomic mass is 14.9. The number of rotatable bonds is 5. The van der Waals surface area contributed by atoms with Crippen LogP contribution >= 0.6 is 0 Å². The van der Waals surface area contributed by atoms with E-state index in [9.17, 15) is 0 Å². The standard InChI is InChI=1S/C20H31N/c1-5-21-17(12-13-20(2,3)4)19-16-11-10-14-8-6-7-9-15(14)18(16)19/h6-9,16-19,21H,5,10-13H2,1-4H3. The Hall–Kier alpha value is -0.820. The van der Waals surface area contributed by atoms with Crippen LogP contribution < -0.4 is 5.32 Å². The largest absolute Gasteiger partial charge is 0.314 e. The van der Waals surface area contributed by atoms with Gasteiger partial charge in [-0.1, -0.05) is 52.0 Å². The van der Waals surface area contributed by atoms with Gasteiger partial charge in [0.25, 0.3) is 0 Å². The number of aryl methyl sites for hydroxylation is 1. The van der Waals surface area contributed by atoms with Crippen LogP contribution in [0, 0.1) is 17.3 Å². The molecule has 1 heteroatoms. The highest BCUT2D eigenvalue weighted by Gasteiger charge is 2.55. The Morgan fingerprint density at radius 3 is 2.71 bits per heavy atom. The van der Waals surface area contributed by atoms with Gasteiger partial charge < -0.3 is 5.32 Å². The number of fused-ring (bicyclic) bond motifs is 3. The molecule has 4 unspecified atom stereocenters. The van der Waals surface area contributed by atoms with Crippen LogP contribution in [0.1, 0.15) is 64.0 Å². The van der Waals surface area contributed by atoms with E-state index >= 15 is 0 Å². The molecule has 1 aromatic carbocycles. The van der Waals surface area contributed by atoms with E-state index in [0.29, 0.717) is 5.41 Å². The molecule has 0 aliphatic heterocycles. The molecule has 0 radical (unpaired) electrons. The first-order chi connectivity index (χ1) is 10.0. The maximum absolute atomic E-state index is 3.80. The van der Waals surface area contributed by atoms with Crippen LogP contribution in [-0.4, -0.2) is 12.6 Å². The zero-order valence-corrected chi connectivity index (χ0v) is 14.2. The van der Waals surface area contributed by atoms with Gasteiger partial charge in [0.1, 0.15) is 0 Å². The topological polar surface area (TPSA) is 12.0 Å². The highest BCUT2D eigenvalue weighted by Crippen LogP contribution is 2.61. The average Bonchev–Trinajstić information content (AvgIpc) is 3.17. The summed E-state index contributed by atoms with van der Waals surface area (Å²) >= 11 is 0. The van der Waals surface area contributed by atoms with Crippen molar-refractivity contribution < 1.29 is 0 Å². The molecule has 0 bridgehead atoms. The molecule has 116 valence electrons. The van der Waals surface area contributed by atoms with Crippen molar-refractivity contribution in [3.8, 4) is 0 Å². The van der Waals surface area contributed by atoms with Crippen LogP contribution in [0.2, 0.25) is 0 Å². The first kappa shape index (κ1) is 15.1. The number of hydrogen-bond acceptors (Lipinski definition) is 1. The first-order valence-electron chi connectivity index (χ1n) is 8.82. The average molecular weight is 285 g/mol. The van der Waals surface area contributed by atoms with Crippen molar-refractivity contribution in [1.29, 1.82) is 0 Å². The van der Waals surface area contributed by atoms with Crippen molar-refractivity contribution in [2.75, 3.05) is 6.54 Å². The van der Waals surface area contributed by atoms with Crippen molar-refractivity contribution in [2.45, 2.75) is 65.3 Å². The molecule has 1 aromatic rings. The third kappa shape index (κ3) is 3.18. The summed E-state index contributed by atoms with van der Waals surface area (Å²) < 4.78 is 0. The van der Waals surface area contributed by atoms with E-state index in [1.54, 1.807) is 11.1 Å². The second-order valence-electron chi connectivity index (χ2n) is 8.27. The van der Waals surface area contributed by atoms with Gasteiger partial charge in [-0.3, -0.25) is 0 Å². The number of nitrogens with one attached hydrogen (secondary N) is 1. The van der Waals surface area contributed by atoms with Gasteiger partial charge in [-0.05, 0) is 66.5 Å².